The van der Waals surface area contributed by atoms with Crippen LogP contribution in [0.1, 0.15) is 11.3 Å². The van der Waals surface area contributed by atoms with Crippen molar-refractivity contribution < 1.29 is 8.42 Å². The van der Waals surface area contributed by atoms with Gasteiger partial charge < -0.3 is 0 Å². The van der Waals surface area contributed by atoms with E-state index in [2.05, 4.69) is 16.4 Å². The molecule has 6 heteroatoms. The topological polar surface area (TPSA) is 66.1 Å². The Hall–Kier alpha value is -0.880. The monoisotopic (exact) mass is 200 g/mol. The Morgan fingerprint density at radius 2 is 2.38 bits per heavy atom. The van der Waals surface area contributed by atoms with E-state index in [4.69, 9.17) is 0 Å². The van der Waals surface area contributed by atoms with Crippen molar-refractivity contribution in [3.8, 4) is 0 Å². The van der Waals surface area contributed by atoms with Gasteiger partial charge in [-0.2, -0.15) is 9.40 Å². The number of sulfonamides is 1. The predicted octanol–water partition coefficient (Wildman–Crippen LogP) is -0.472. The van der Waals surface area contributed by atoms with E-state index in [-0.39, 0.29) is 0 Å². The minimum absolute atomic E-state index is 0.394. The van der Waals surface area contributed by atoms with Gasteiger partial charge >= 0.3 is 0 Å². The smallest absolute Gasteiger partial charge is 0.211 e. The van der Waals surface area contributed by atoms with Crippen molar-refractivity contribution in [3.63, 3.8) is 0 Å². The number of rotatable bonds is 1. The molecule has 1 aromatic rings. The molecule has 5 nitrogen and oxygen atoms in total. The number of aromatic amines is 1. The van der Waals surface area contributed by atoms with Crippen molar-refractivity contribution >= 4 is 10.0 Å². The van der Waals surface area contributed by atoms with Crippen LogP contribution in [0.25, 0.3) is 0 Å². The molecule has 13 heavy (non-hydrogen) atoms. The number of nitrogens with zero attached hydrogens (tertiary/aromatic N) is 2. The van der Waals surface area contributed by atoms with Crippen molar-refractivity contribution in [3.05, 3.63) is 17.5 Å². The van der Waals surface area contributed by atoms with Crippen LogP contribution in [0, 0.1) is 6.20 Å². The molecule has 1 aliphatic heterocycles. The molecule has 0 aromatic carbocycles. The molecular weight excluding hydrogens is 190 g/mol. The molecule has 71 valence electrons. The zero-order valence-corrected chi connectivity index (χ0v) is 8.06. The molecule has 0 fully saturated rings. The third-order valence-electron chi connectivity index (χ3n) is 2.16. The quantitative estimate of drug-likeness (QED) is 0.666. The highest BCUT2D eigenvalue weighted by molar-refractivity contribution is 7.88. The van der Waals surface area contributed by atoms with E-state index in [1.54, 1.807) is 0 Å². The third-order valence-corrected chi connectivity index (χ3v) is 3.41. The Balaban J connectivity index is 2.27. The fraction of sp³-hybridized carbons (Fsp3) is 0.571. The van der Waals surface area contributed by atoms with Crippen LogP contribution in [0.4, 0.5) is 0 Å². The van der Waals surface area contributed by atoms with Gasteiger partial charge in [-0.15, -0.1) is 0 Å². The van der Waals surface area contributed by atoms with Crippen molar-refractivity contribution in [1.29, 1.82) is 0 Å². The minimum atomic E-state index is -3.07. The zero-order valence-electron chi connectivity index (χ0n) is 7.24. The van der Waals surface area contributed by atoms with Crippen LogP contribution in [0.15, 0.2) is 0 Å². The van der Waals surface area contributed by atoms with E-state index in [0.717, 1.165) is 11.3 Å². The molecule has 0 saturated heterocycles. The fourth-order valence-corrected chi connectivity index (χ4v) is 2.20. The van der Waals surface area contributed by atoms with E-state index in [1.807, 2.05) is 0 Å². The summed E-state index contributed by atoms with van der Waals surface area (Å²) in [4.78, 5) is 0. The fourth-order valence-electron chi connectivity index (χ4n) is 1.41. The van der Waals surface area contributed by atoms with E-state index in [9.17, 15) is 8.42 Å². The number of H-pyrrole nitrogens is 1. The Bertz CT molecular complexity index is 409. The second-order valence-electron chi connectivity index (χ2n) is 3.14. The number of nitrogens with one attached hydrogen (secondary N) is 1. The highest BCUT2D eigenvalue weighted by atomic mass is 32.2. The lowest BCUT2D eigenvalue weighted by molar-refractivity contribution is 0.393. The van der Waals surface area contributed by atoms with Crippen LogP contribution in [0.2, 0.25) is 0 Å². The standard InChI is InChI=1S/C7H10N3O2S/c1-13(11,12)10-3-2-7-6(5-10)4-8-9-7/h2-3,5H2,1H3,(H,8,9). The van der Waals surface area contributed by atoms with Gasteiger partial charge in [0.15, 0.2) is 0 Å². The number of hydrogen-bond donors (Lipinski definition) is 1. The van der Waals surface area contributed by atoms with Gasteiger partial charge in [0.2, 0.25) is 10.0 Å². The van der Waals surface area contributed by atoms with Crippen LogP contribution in [-0.2, 0) is 23.0 Å². The van der Waals surface area contributed by atoms with Crippen LogP contribution in [-0.4, -0.2) is 35.7 Å². The molecule has 0 aliphatic carbocycles. The first-order valence-electron chi connectivity index (χ1n) is 3.96. The van der Waals surface area contributed by atoms with Gasteiger partial charge in [-0.05, 0) is 0 Å². The highest BCUT2D eigenvalue weighted by Gasteiger charge is 2.24. The van der Waals surface area contributed by atoms with Crippen molar-refractivity contribution in [2.75, 3.05) is 12.8 Å². The van der Waals surface area contributed by atoms with Crippen LogP contribution in [0.3, 0.4) is 0 Å². The first kappa shape index (κ1) is 8.71. The summed E-state index contributed by atoms with van der Waals surface area (Å²) in [6, 6.07) is 0. The molecule has 1 aromatic heterocycles. The van der Waals surface area contributed by atoms with E-state index < -0.39 is 10.0 Å². The lowest BCUT2D eigenvalue weighted by Gasteiger charge is -2.23. The molecule has 1 N–H and O–H groups in total. The van der Waals surface area contributed by atoms with Gasteiger partial charge in [-0.25, -0.2) is 8.42 Å². The van der Waals surface area contributed by atoms with Gasteiger partial charge in [-0.1, -0.05) is 0 Å². The number of aromatic nitrogens is 2. The second kappa shape index (κ2) is 2.81. The van der Waals surface area contributed by atoms with Gasteiger partial charge in [-0.3, -0.25) is 5.10 Å². The summed E-state index contributed by atoms with van der Waals surface area (Å²) >= 11 is 0. The Kier molecular flexibility index (Phi) is 1.88. The Morgan fingerprint density at radius 1 is 1.62 bits per heavy atom. The molecule has 2 heterocycles. The average molecular weight is 200 g/mol. The lowest BCUT2D eigenvalue weighted by Crippen LogP contribution is -2.34. The summed E-state index contributed by atoms with van der Waals surface area (Å²) in [6.45, 7) is 0.923. The van der Waals surface area contributed by atoms with Crippen molar-refractivity contribution in [1.82, 2.24) is 14.5 Å². The molecular formula is C7H10N3O2S. The van der Waals surface area contributed by atoms with Crippen LogP contribution >= 0.6 is 0 Å². The summed E-state index contributed by atoms with van der Waals surface area (Å²) in [7, 11) is -3.07. The number of fused-ring (bicyclic) bond motifs is 1. The summed E-state index contributed by atoms with van der Waals surface area (Å²) < 4.78 is 23.8. The van der Waals surface area contributed by atoms with Gasteiger partial charge in [0.1, 0.15) is 6.20 Å². The molecule has 0 unspecified atom stereocenters. The lowest BCUT2D eigenvalue weighted by atomic mass is 10.1. The van der Waals surface area contributed by atoms with Crippen molar-refractivity contribution in [2.24, 2.45) is 0 Å². The third kappa shape index (κ3) is 1.59. The second-order valence-corrected chi connectivity index (χ2v) is 5.12. The van der Waals surface area contributed by atoms with Gasteiger partial charge in [0, 0.05) is 30.8 Å². The van der Waals surface area contributed by atoms with Crippen LogP contribution in [0.5, 0.6) is 0 Å². The normalized spacial score (nSPS) is 18.5. The Morgan fingerprint density at radius 3 is 3.08 bits per heavy atom. The van der Waals surface area contributed by atoms with E-state index in [0.29, 0.717) is 19.5 Å². The van der Waals surface area contributed by atoms with Crippen molar-refractivity contribution in [2.45, 2.75) is 13.0 Å². The molecule has 2 rings (SSSR count). The highest BCUT2D eigenvalue weighted by Crippen LogP contribution is 2.17. The summed E-state index contributed by atoms with van der Waals surface area (Å²) in [5.41, 5.74) is 1.86. The molecule has 0 atom stereocenters. The van der Waals surface area contributed by atoms with Gasteiger partial charge in [0.25, 0.3) is 0 Å². The zero-order chi connectivity index (χ0) is 9.47. The summed E-state index contributed by atoms with van der Waals surface area (Å²) in [5.74, 6) is 0. The number of hydrogen-bond acceptors (Lipinski definition) is 3. The first-order chi connectivity index (χ1) is 6.07. The van der Waals surface area contributed by atoms with E-state index in [1.165, 1.54) is 10.6 Å². The van der Waals surface area contributed by atoms with Crippen LogP contribution < -0.4 is 0 Å². The summed E-state index contributed by atoms with van der Waals surface area (Å²) in [6.07, 6.45) is 4.66. The first-order valence-corrected chi connectivity index (χ1v) is 5.81. The van der Waals surface area contributed by atoms with Gasteiger partial charge in [0.05, 0.1) is 6.26 Å². The molecule has 0 spiro atoms. The molecule has 0 bridgehead atoms. The maximum absolute atomic E-state index is 11.2. The largest absolute Gasteiger partial charge is 0.282 e. The predicted molar refractivity (Wildman–Crippen MR) is 46.4 cm³/mol. The Labute approximate surface area is 76.8 Å². The SMILES string of the molecule is CS(=O)(=O)N1CCc2[nH]n[c]c2C1. The molecule has 0 saturated carbocycles. The summed E-state index contributed by atoms with van der Waals surface area (Å²) in [5, 5.41) is 6.55. The molecule has 1 aliphatic rings. The average Bonchev–Trinajstić information content (AvgIpc) is 2.47. The maximum Gasteiger partial charge on any atom is 0.211 e. The maximum atomic E-state index is 11.2. The molecule has 0 amide bonds. The van der Waals surface area contributed by atoms with E-state index >= 15 is 0 Å². The minimum Gasteiger partial charge on any atom is -0.282 e. The molecule has 1 radical (unpaired) electrons.